The molecule has 0 atom stereocenters. The van der Waals surface area contributed by atoms with Crippen LogP contribution in [0.25, 0.3) is 11.5 Å². The molecule has 1 fully saturated rings. The summed E-state index contributed by atoms with van der Waals surface area (Å²) >= 11 is 0. The molecule has 0 bridgehead atoms. The smallest absolute Gasteiger partial charge is 0.235 e. The van der Waals surface area contributed by atoms with Crippen LogP contribution in [0, 0.1) is 17.1 Å². The number of nitriles is 1. The highest BCUT2D eigenvalue weighted by atomic mass is 19.1. The van der Waals surface area contributed by atoms with E-state index in [9.17, 15) is 4.39 Å². The summed E-state index contributed by atoms with van der Waals surface area (Å²) in [6, 6.07) is 7.85. The highest BCUT2D eigenvalue weighted by molar-refractivity contribution is 5.59. The van der Waals surface area contributed by atoms with Gasteiger partial charge in [-0.3, -0.25) is 0 Å². The van der Waals surface area contributed by atoms with Crippen LogP contribution in [0.2, 0.25) is 0 Å². The van der Waals surface area contributed by atoms with Gasteiger partial charge in [-0.25, -0.2) is 4.39 Å². The Morgan fingerprint density at radius 2 is 1.90 bits per heavy atom. The van der Waals surface area contributed by atoms with Crippen molar-refractivity contribution in [3.63, 3.8) is 0 Å². The van der Waals surface area contributed by atoms with Gasteiger partial charge in [0.25, 0.3) is 0 Å². The molecule has 2 aromatic rings. The molecular weight excluding hydrogens is 261 g/mol. The summed E-state index contributed by atoms with van der Waals surface area (Å²) in [5.41, 5.74) is 0.883. The molecule has 1 aliphatic rings. The van der Waals surface area contributed by atoms with Crippen LogP contribution in [0.1, 0.15) is 5.69 Å². The zero-order chi connectivity index (χ0) is 13.9. The lowest BCUT2D eigenvalue weighted by atomic mass is 10.2. The third kappa shape index (κ3) is 2.36. The molecule has 2 heterocycles. The minimum Gasteiger partial charge on any atom is -0.419 e. The first-order chi connectivity index (χ1) is 9.78. The number of hydrogen-bond donors (Lipinski definition) is 0. The number of benzene rings is 1. The number of aromatic nitrogens is 1. The molecule has 0 unspecified atom stereocenters. The van der Waals surface area contributed by atoms with E-state index in [2.05, 4.69) is 4.98 Å². The number of ether oxygens (including phenoxy) is 1. The summed E-state index contributed by atoms with van der Waals surface area (Å²) in [5, 5.41) is 9.16. The van der Waals surface area contributed by atoms with Crippen LogP contribution in [0.15, 0.2) is 28.7 Å². The van der Waals surface area contributed by atoms with Gasteiger partial charge >= 0.3 is 0 Å². The number of nitrogens with zero attached hydrogens (tertiary/aromatic N) is 3. The van der Waals surface area contributed by atoms with Gasteiger partial charge in [0.1, 0.15) is 11.9 Å². The number of oxazole rings is 1. The Morgan fingerprint density at radius 3 is 2.55 bits per heavy atom. The predicted molar refractivity (Wildman–Crippen MR) is 69.6 cm³/mol. The van der Waals surface area contributed by atoms with Crippen molar-refractivity contribution in [2.75, 3.05) is 31.2 Å². The Kier molecular flexibility index (Phi) is 3.35. The number of anilines is 1. The van der Waals surface area contributed by atoms with Crippen molar-refractivity contribution >= 4 is 5.88 Å². The fourth-order valence-electron chi connectivity index (χ4n) is 2.08. The second-order valence-corrected chi connectivity index (χ2v) is 4.39. The fraction of sp³-hybridized carbons (Fsp3) is 0.286. The molecule has 6 heteroatoms. The fourth-order valence-corrected chi connectivity index (χ4v) is 2.08. The van der Waals surface area contributed by atoms with Gasteiger partial charge in [0, 0.05) is 18.7 Å². The average molecular weight is 273 g/mol. The lowest BCUT2D eigenvalue weighted by Crippen LogP contribution is -2.36. The van der Waals surface area contributed by atoms with Crippen molar-refractivity contribution in [3.05, 3.63) is 35.8 Å². The molecular formula is C14H12FN3O2. The quantitative estimate of drug-likeness (QED) is 0.839. The maximum Gasteiger partial charge on any atom is 0.235 e. The number of morpholine rings is 1. The van der Waals surface area contributed by atoms with E-state index < -0.39 is 0 Å². The Balaban J connectivity index is 1.96. The summed E-state index contributed by atoms with van der Waals surface area (Å²) in [5.74, 6) is 0.451. The van der Waals surface area contributed by atoms with Crippen LogP contribution < -0.4 is 4.90 Å². The minimum absolute atomic E-state index is 0.242. The lowest BCUT2D eigenvalue weighted by molar-refractivity contribution is 0.121. The van der Waals surface area contributed by atoms with Crippen LogP contribution in [0.5, 0.6) is 0 Å². The average Bonchev–Trinajstić information content (AvgIpc) is 2.93. The molecule has 20 heavy (non-hydrogen) atoms. The Bertz CT molecular complexity index is 639. The van der Waals surface area contributed by atoms with Gasteiger partial charge < -0.3 is 14.1 Å². The Hall–Kier alpha value is -2.39. The molecule has 1 saturated heterocycles. The van der Waals surface area contributed by atoms with E-state index in [0.717, 1.165) is 0 Å². The van der Waals surface area contributed by atoms with Crippen LogP contribution >= 0.6 is 0 Å². The van der Waals surface area contributed by atoms with Crippen molar-refractivity contribution in [1.29, 1.82) is 5.26 Å². The van der Waals surface area contributed by atoms with E-state index in [0.29, 0.717) is 43.6 Å². The highest BCUT2D eigenvalue weighted by Gasteiger charge is 2.22. The third-order valence-corrected chi connectivity index (χ3v) is 3.10. The zero-order valence-electron chi connectivity index (χ0n) is 10.7. The molecule has 0 radical (unpaired) electrons. The van der Waals surface area contributed by atoms with Gasteiger partial charge in [0.2, 0.25) is 17.5 Å². The maximum atomic E-state index is 12.9. The summed E-state index contributed by atoms with van der Waals surface area (Å²) in [4.78, 5) is 6.10. The van der Waals surface area contributed by atoms with Gasteiger partial charge in [-0.15, -0.1) is 0 Å². The Morgan fingerprint density at radius 1 is 1.20 bits per heavy atom. The lowest BCUT2D eigenvalue weighted by Gasteiger charge is -2.25. The van der Waals surface area contributed by atoms with Gasteiger partial charge in [-0.1, -0.05) is 0 Å². The van der Waals surface area contributed by atoms with Gasteiger partial charge in [-0.2, -0.15) is 10.2 Å². The summed E-state index contributed by atoms with van der Waals surface area (Å²) in [6.07, 6.45) is 0. The topological polar surface area (TPSA) is 62.3 Å². The first-order valence-corrected chi connectivity index (χ1v) is 6.27. The third-order valence-electron chi connectivity index (χ3n) is 3.10. The predicted octanol–water partition coefficient (Wildman–Crippen LogP) is 2.19. The first-order valence-electron chi connectivity index (χ1n) is 6.27. The molecule has 3 rings (SSSR count). The maximum absolute atomic E-state index is 12.9. The zero-order valence-corrected chi connectivity index (χ0v) is 10.7. The molecule has 0 amide bonds. The second kappa shape index (κ2) is 5.31. The van der Waals surface area contributed by atoms with Crippen molar-refractivity contribution in [3.8, 4) is 17.5 Å². The van der Waals surface area contributed by atoms with Crippen molar-refractivity contribution in [2.24, 2.45) is 0 Å². The van der Waals surface area contributed by atoms with Crippen LogP contribution in [-0.2, 0) is 4.74 Å². The van der Waals surface area contributed by atoms with Crippen LogP contribution in [0.3, 0.4) is 0 Å². The van der Waals surface area contributed by atoms with Gasteiger partial charge in [0.05, 0.1) is 13.2 Å². The number of rotatable bonds is 2. The van der Waals surface area contributed by atoms with Crippen LogP contribution in [0.4, 0.5) is 10.3 Å². The first kappa shape index (κ1) is 12.6. The summed E-state index contributed by atoms with van der Waals surface area (Å²) < 4.78 is 23.9. The highest BCUT2D eigenvalue weighted by Crippen LogP contribution is 2.28. The second-order valence-electron chi connectivity index (χ2n) is 4.39. The van der Waals surface area contributed by atoms with Crippen molar-refractivity contribution < 1.29 is 13.5 Å². The SMILES string of the molecule is N#Cc1nc(-c2ccc(F)cc2)oc1N1CCOCC1. The van der Waals surface area contributed by atoms with E-state index in [1.165, 1.54) is 12.1 Å². The molecule has 1 aromatic heterocycles. The van der Waals surface area contributed by atoms with E-state index in [1.54, 1.807) is 12.1 Å². The van der Waals surface area contributed by atoms with E-state index >= 15 is 0 Å². The largest absolute Gasteiger partial charge is 0.419 e. The molecule has 5 nitrogen and oxygen atoms in total. The summed E-state index contributed by atoms with van der Waals surface area (Å²) in [6.45, 7) is 2.51. The molecule has 0 N–H and O–H groups in total. The van der Waals surface area contributed by atoms with Gasteiger partial charge in [0.15, 0.2) is 0 Å². The van der Waals surface area contributed by atoms with E-state index in [1.807, 2.05) is 11.0 Å². The minimum atomic E-state index is -0.325. The van der Waals surface area contributed by atoms with Crippen molar-refractivity contribution in [2.45, 2.75) is 0 Å². The van der Waals surface area contributed by atoms with E-state index in [4.69, 9.17) is 14.4 Å². The Labute approximate surface area is 115 Å². The molecule has 0 spiro atoms. The van der Waals surface area contributed by atoms with E-state index in [-0.39, 0.29) is 11.5 Å². The number of hydrogen-bond acceptors (Lipinski definition) is 5. The normalized spacial score (nSPS) is 15.1. The van der Waals surface area contributed by atoms with Crippen molar-refractivity contribution in [1.82, 2.24) is 4.98 Å². The monoisotopic (exact) mass is 273 g/mol. The molecule has 0 saturated carbocycles. The molecule has 0 aliphatic carbocycles. The molecule has 102 valence electrons. The number of halogens is 1. The van der Waals surface area contributed by atoms with Gasteiger partial charge in [-0.05, 0) is 24.3 Å². The molecule has 1 aliphatic heterocycles. The van der Waals surface area contributed by atoms with Crippen LogP contribution in [-0.4, -0.2) is 31.3 Å². The summed E-state index contributed by atoms with van der Waals surface area (Å²) in [7, 11) is 0. The standard InChI is InChI=1S/C14H12FN3O2/c15-11-3-1-10(2-4-11)13-17-12(9-16)14(20-13)18-5-7-19-8-6-18/h1-4H,5-8H2. The molecule has 1 aromatic carbocycles.